The molecule has 2 N–H and O–H groups in total. The lowest BCUT2D eigenvalue weighted by molar-refractivity contribution is 0.579. The monoisotopic (exact) mass is 269 g/mol. The van der Waals surface area contributed by atoms with Crippen LogP contribution in [0.1, 0.15) is 49.8 Å². The van der Waals surface area contributed by atoms with E-state index in [-0.39, 0.29) is 6.04 Å². The van der Waals surface area contributed by atoms with Crippen LogP contribution in [-0.4, -0.2) is 0 Å². The van der Waals surface area contributed by atoms with E-state index >= 15 is 0 Å². The zero-order chi connectivity index (χ0) is 11.3. The van der Waals surface area contributed by atoms with Crippen molar-refractivity contribution in [2.45, 2.75) is 45.6 Å². The highest BCUT2D eigenvalue weighted by molar-refractivity contribution is 9.10. The molecule has 0 amide bonds. The molecule has 0 spiro atoms. The van der Waals surface area contributed by atoms with Crippen LogP contribution in [0.2, 0.25) is 0 Å². The Morgan fingerprint density at radius 2 is 2.07 bits per heavy atom. The van der Waals surface area contributed by atoms with Crippen LogP contribution in [0.25, 0.3) is 0 Å². The molecule has 0 radical (unpaired) electrons. The van der Waals surface area contributed by atoms with E-state index in [1.165, 1.54) is 30.4 Å². The summed E-state index contributed by atoms with van der Waals surface area (Å²) < 4.78 is 1.12. The highest BCUT2D eigenvalue weighted by atomic mass is 79.9. The van der Waals surface area contributed by atoms with Gasteiger partial charge in [-0.25, -0.2) is 0 Å². The van der Waals surface area contributed by atoms with Gasteiger partial charge in [0.15, 0.2) is 0 Å². The minimum Gasteiger partial charge on any atom is -0.324 e. The van der Waals surface area contributed by atoms with Crippen molar-refractivity contribution in [3.63, 3.8) is 0 Å². The SMILES string of the molecule is CCCCCC(N)c1cc(Br)ccc1C. The Morgan fingerprint density at radius 3 is 2.73 bits per heavy atom. The predicted molar refractivity (Wildman–Crippen MR) is 69.9 cm³/mol. The number of halogens is 1. The van der Waals surface area contributed by atoms with E-state index in [2.05, 4.69) is 48.0 Å². The molecule has 84 valence electrons. The van der Waals surface area contributed by atoms with Gasteiger partial charge in [0, 0.05) is 10.5 Å². The van der Waals surface area contributed by atoms with Crippen LogP contribution in [0.15, 0.2) is 22.7 Å². The van der Waals surface area contributed by atoms with Gasteiger partial charge >= 0.3 is 0 Å². The standard InChI is InChI=1S/C13H20BrN/c1-3-4-5-6-13(15)12-9-11(14)8-7-10(12)2/h7-9,13H,3-6,15H2,1-2H3. The van der Waals surface area contributed by atoms with E-state index < -0.39 is 0 Å². The van der Waals surface area contributed by atoms with Gasteiger partial charge in [0.25, 0.3) is 0 Å². The van der Waals surface area contributed by atoms with Crippen LogP contribution in [0.3, 0.4) is 0 Å². The fourth-order valence-corrected chi connectivity index (χ4v) is 2.16. The molecular formula is C13H20BrN. The first-order valence-corrected chi connectivity index (χ1v) is 6.46. The molecule has 0 aliphatic carbocycles. The van der Waals surface area contributed by atoms with Crippen LogP contribution in [0.4, 0.5) is 0 Å². The zero-order valence-electron chi connectivity index (χ0n) is 9.59. The Labute approximate surface area is 101 Å². The molecule has 1 aromatic rings. The van der Waals surface area contributed by atoms with Gasteiger partial charge < -0.3 is 5.73 Å². The number of unbranched alkanes of at least 4 members (excludes halogenated alkanes) is 2. The maximum atomic E-state index is 6.18. The second-order valence-electron chi connectivity index (χ2n) is 4.10. The van der Waals surface area contributed by atoms with Gasteiger partial charge in [-0.1, -0.05) is 48.2 Å². The van der Waals surface area contributed by atoms with Gasteiger partial charge in [-0.2, -0.15) is 0 Å². The maximum Gasteiger partial charge on any atom is 0.0297 e. The highest BCUT2D eigenvalue weighted by Gasteiger charge is 2.08. The molecule has 1 atom stereocenters. The number of hydrogen-bond acceptors (Lipinski definition) is 1. The van der Waals surface area contributed by atoms with Crippen LogP contribution >= 0.6 is 15.9 Å². The minimum atomic E-state index is 0.189. The Balaban J connectivity index is 2.64. The molecule has 0 fully saturated rings. The number of nitrogens with two attached hydrogens (primary N) is 1. The predicted octanol–water partition coefficient (Wildman–Crippen LogP) is 4.34. The molecule has 2 heteroatoms. The fourth-order valence-electron chi connectivity index (χ4n) is 1.78. The van der Waals surface area contributed by atoms with Crippen molar-refractivity contribution in [3.05, 3.63) is 33.8 Å². The summed E-state index contributed by atoms with van der Waals surface area (Å²) in [6.45, 7) is 4.34. The molecule has 0 aliphatic heterocycles. The molecule has 15 heavy (non-hydrogen) atoms. The Hall–Kier alpha value is -0.340. The van der Waals surface area contributed by atoms with Crippen molar-refractivity contribution >= 4 is 15.9 Å². The van der Waals surface area contributed by atoms with Crippen molar-refractivity contribution in [2.24, 2.45) is 5.73 Å². The Morgan fingerprint density at radius 1 is 1.33 bits per heavy atom. The van der Waals surface area contributed by atoms with Gasteiger partial charge in [-0.05, 0) is 36.6 Å². The van der Waals surface area contributed by atoms with E-state index in [1.54, 1.807) is 0 Å². The minimum absolute atomic E-state index is 0.189. The summed E-state index contributed by atoms with van der Waals surface area (Å²) in [4.78, 5) is 0. The van der Waals surface area contributed by atoms with Crippen LogP contribution < -0.4 is 5.73 Å². The van der Waals surface area contributed by atoms with Gasteiger partial charge in [0.2, 0.25) is 0 Å². The molecule has 0 aliphatic rings. The smallest absolute Gasteiger partial charge is 0.0297 e. The molecular weight excluding hydrogens is 250 g/mol. The summed E-state index contributed by atoms with van der Waals surface area (Å²) in [5.41, 5.74) is 8.76. The topological polar surface area (TPSA) is 26.0 Å². The largest absolute Gasteiger partial charge is 0.324 e. The molecule has 0 heterocycles. The number of hydrogen-bond donors (Lipinski definition) is 1. The molecule has 1 unspecified atom stereocenters. The highest BCUT2D eigenvalue weighted by Crippen LogP contribution is 2.24. The quantitative estimate of drug-likeness (QED) is 0.791. The van der Waals surface area contributed by atoms with Crippen molar-refractivity contribution in [1.82, 2.24) is 0 Å². The molecule has 0 saturated heterocycles. The third kappa shape index (κ3) is 3.96. The third-order valence-corrected chi connectivity index (χ3v) is 3.25. The van der Waals surface area contributed by atoms with Crippen molar-refractivity contribution < 1.29 is 0 Å². The van der Waals surface area contributed by atoms with E-state index in [4.69, 9.17) is 5.73 Å². The summed E-state index contributed by atoms with van der Waals surface area (Å²) in [5, 5.41) is 0. The zero-order valence-corrected chi connectivity index (χ0v) is 11.2. The van der Waals surface area contributed by atoms with Crippen LogP contribution in [-0.2, 0) is 0 Å². The molecule has 0 aromatic heterocycles. The maximum absolute atomic E-state index is 6.18. The normalized spacial score (nSPS) is 12.8. The van der Waals surface area contributed by atoms with Crippen LogP contribution in [0, 0.1) is 6.92 Å². The lowest BCUT2D eigenvalue weighted by Crippen LogP contribution is -2.11. The molecule has 0 bridgehead atoms. The third-order valence-electron chi connectivity index (χ3n) is 2.76. The number of aryl methyl sites for hydroxylation is 1. The lowest BCUT2D eigenvalue weighted by Gasteiger charge is -2.14. The Bertz CT molecular complexity index is 309. The first-order valence-electron chi connectivity index (χ1n) is 5.66. The first kappa shape index (κ1) is 12.7. The van der Waals surface area contributed by atoms with E-state index in [0.29, 0.717) is 0 Å². The summed E-state index contributed by atoms with van der Waals surface area (Å²) >= 11 is 3.49. The summed E-state index contributed by atoms with van der Waals surface area (Å²) in [6, 6.07) is 6.52. The summed E-state index contributed by atoms with van der Waals surface area (Å²) in [5.74, 6) is 0. The van der Waals surface area contributed by atoms with E-state index in [9.17, 15) is 0 Å². The molecule has 0 saturated carbocycles. The van der Waals surface area contributed by atoms with Crippen LogP contribution in [0.5, 0.6) is 0 Å². The molecule has 1 rings (SSSR count). The average Bonchev–Trinajstić information content (AvgIpc) is 2.22. The second kappa shape index (κ2) is 6.29. The van der Waals surface area contributed by atoms with Gasteiger partial charge in [0.05, 0.1) is 0 Å². The van der Waals surface area contributed by atoms with E-state index in [1.807, 2.05) is 0 Å². The van der Waals surface area contributed by atoms with Gasteiger partial charge in [0.1, 0.15) is 0 Å². The van der Waals surface area contributed by atoms with E-state index in [0.717, 1.165) is 10.9 Å². The van der Waals surface area contributed by atoms with Crippen molar-refractivity contribution in [3.8, 4) is 0 Å². The second-order valence-corrected chi connectivity index (χ2v) is 5.02. The van der Waals surface area contributed by atoms with Crippen molar-refractivity contribution in [1.29, 1.82) is 0 Å². The summed E-state index contributed by atoms with van der Waals surface area (Å²) in [7, 11) is 0. The first-order chi connectivity index (χ1) is 7.15. The summed E-state index contributed by atoms with van der Waals surface area (Å²) in [6.07, 6.45) is 4.85. The molecule has 1 nitrogen and oxygen atoms in total. The lowest BCUT2D eigenvalue weighted by atomic mass is 9.97. The van der Waals surface area contributed by atoms with Gasteiger partial charge in [-0.3, -0.25) is 0 Å². The number of rotatable bonds is 5. The average molecular weight is 270 g/mol. The van der Waals surface area contributed by atoms with Crippen molar-refractivity contribution in [2.75, 3.05) is 0 Å². The van der Waals surface area contributed by atoms with Gasteiger partial charge in [-0.15, -0.1) is 0 Å². The fraction of sp³-hybridized carbons (Fsp3) is 0.538. The Kier molecular flexibility index (Phi) is 5.34. The molecule has 1 aromatic carbocycles. The number of benzene rings is 1.